The molecule has 2 aromatic rings. The number of hydrogen-bond donors (Lipinski definition) is 2. The van der Waals surface area contributed by atoms with Crippen LogP contribution in [0.1, 0.15) is 19.8 Å². The number of rotatable bonds is 4. The quantitative estimate of drug-likeness (QED) is 0.531. The Labute approximate surface area is 165 Å². The van der Waals surface area contributed by atoms with Crippen LogP contribution in [0.2, 0.25) is 4.13 Å². The Balaban J connectivity index is 0.000000368. The first-order chi connectivity index (χ1) is 11.6. The fourth-order valence-electron chi connectivity index (χ4n) is 1.42. The van der Waals surface area contributed by atoms with Gasteiger partial charge in [0.1, 0.15) is 0 Å². The standard InChI is InChI=1S/2C6H7NO2S.C4H9.Bi.2H/c2*7-10(8,9)6-4-2-1-3-5-6;1-3-4-2;;;/h2*1-5H,(H2,7,8,9);1,3-4H2,2H3;;;. The Hall–Kier alpha value is -0.857. The van der Waals surface area contributed by atoms with Gasteiger partial charge in [0.25, 0.3) is 0 Å². The maximum Gasteiger partial charge on any atom is 0.238 e. The molecule has 0 heterocycles. The average molecular weight is 583 g/mol. The van der Waals surface area contributed by atoms with Crippen molar-refractivity contribution in [3.05, 3.63) is 60.7 Å². The zero-order valence-electron chi connectivity index (χ0n) is 14.1. The molecule has 6 nitrogen and oxygen atoms in total. The van der Waals surface area contributed by atoms with Gasteiger partial charge in [-0.3, -0.25) is 0 Å². The smallest absolute Gasteiger partial charge is 0.225 e. The fraction of sp³-hybridized carbons (Fsp3) is 0.250. The van der Waals surface area contributed by atoms with Crippen molar-refractivity contribution in [2.75, 3.05) is 0 Å². The van der Waals surface area contributed by atoms with E-state index in [2.05, 4.69) is 6.92 Å². The number of benzene rings is 2. The van der Waals surface area contributed by atoms with Crippen LogP contribution in [-0.2, 0) is 20.0 Å². The van der Waals surface area contributed by atoms with Gasteiger partial charge in [0.15, 0.2) is 0 Å². The molecule has 0 aliphatic carbocycles. The van der Waals surface area contributed by atoms with E-state index in [9.17, 15) is 16.8 Å². The predicted octanol–water partition coefficient (Wildman–Crippen LogP) is 1.51. The number of primary sulfonamides is 2. The molecule has 0 aromatic heterocycles. The van der Waals surface area contributed by atoms with Crippen molar-refractivity contribution in [3.8, 4) is 0 Å². The van der Waals surface area contributed by atoms with Crippen LogP contribution in [-0.4, -0.2) is 41.6 Å². The van der Waals surface area contributed by atoms with Gasteiger partial charge in [-0.05, 0) is 24.3 Å². The van der Waals surface area contributed by atoms with Crippen LogP contribution < -0.4 is 10.3 Å². The summed E-state index contributed by atoms with van der Waals surface area (Å²) >= 11 is 1.24. The molecule has 25 heavy (non-hydrogen) atoms. The van der Waals surface area contributed by atoms with Crippen molar-refractivity contribution in [1.29, 1.82) is 0 Å². The van der Waals surface area contributed by atoms with E-state index in [1.165, 1.54) is 66.0 Å². The molecule has 0 bridgehead atoms. The predicted molar refractivity (Wildman–Crippen MR) is 104 cm³/mol. The molecule has 0 aliphatic rings. The molecule has 4 N–H and O–H groups in total. The third-order valence-corrected chi connectivity index (χ3v) is 6.15. The van der Waals surface area contributed by atoms with Crippen LogP contribution in [0.4, 0.5) is 0 Å². The topological polar surface area (TPSA) is 120 Å². The maximum atomic E-state index is 10.6. The average Bonchev–Trinajstić information content (AvgIpc) is 2.57. The Morgan fingerprint density at radius 2 is 1.08 bits per heavy atom. The van der Waals surface area contributed by atoms with Crippen molar-refractivity contribution in [1.82, 2.24) is 0 Å². The molecule has 0 unspecified atom stereocenters. The molecule has 0 radical (unpaired) electrons. The van der Waals surface area contributed by atoms with E-state index >= 15 is 0 Å². The SMILES string of the molecule is CCC[CH2][BiH2].NS(=O)(=O)c1ccccc1.NS(=O)(=O)c1ccccc1. The molecular formula is C16H25BiN2O4S2. The van der Waals surface area contributed by atoms with Crippen LogP contribution in [0.25, 0.3) is 0 Å². The molecule has 9 heteroatoms. The van der Waals surface area contributed by atoms with Crippen molar-refractivity contribution >= 4 is 44.8 Å². The van der Waals surface area contributed by atoms with Crippen LogP contribution >= 0.6 is 0 Å². The Morgan fingerprint density at radius 1 is 0.760 bits per heavy atom. The van der Waals surface area contributed by atoms with E-state index in [4.69, 9.17) is 10.3 Å². The van der Waals surface area contributed by atoms with Gasteiger partial charge >= 0.3 is 48.6 Å². The first-order valence-electron chi connectivity index (χ1n) is 7.48. The van der Waals surface area contributed by atoms with Gasteiger partial charge in [-0.1, -0.05) is 36.4 Å². The van der Waals surface area contributed by atoms with Crippen LogP contribution in [0, 0.1) is 0 Å². The summed E-state index contributed by atoms with van der Waals surface area (Å²) in [6.07, 6.45) is 2.85. The molecule has 0 saturated heterocycles. The second-order valence-corrected chi connectivity index (χ2v) is 10.2. The van der Waals surface area contributed by atoms with Crippen LogP contribution in [0.5, 0.6) is 0 Å². The zero-order valence-corrected chi connectivity index (χ0v) is 20.2. The van der Waals surface area contributed by atoms with Gasteiger partial charge in [-0.2, -0.15) is 0 Å². The molecule has 0 fully saturated rings. The van der Waals surface area contributed by atoms with E-state index in [0.717, 1.165) is 0 Å². The summed E-state index contributed by atoms with van der Waals surface area (Å²) in [5, 5.41) is 9.66. The van der Waals surface area contributed by atoms with Gasteiger partial charge in [0.2, 0.25) is 20.0 Å². The second kappa shape index (κ2) is 12.5. The third kappa shape index (κ3) is 12.2. The van der Waals surface area contributed by atoms with Gasteiger partial charge in [0, 0.05) is 0 Å². The summed E-state index contributed by atoms with van der Waals surface area (Å²) in [5.74, 6) is 0. The minimum atomic E-state index is -3.50. The monoisotopic (exact) mass is 582 g/mol. The molecule has 0 spiro atoms. The number of hydrogen-bond acceptors (Lipinski definition) is 4. The Morgan fingerprint density at radius 3 is 1.20 bits per heavy atom. The zero-order chi connectivity index (χ0) is 19.3. The summed E-state index contributed by atoms with van der Waals surface area (Å²) < 4.78 is 44.0. The third-order valence-electron chi connectivity index (χ3n) is 2.70. The van der Waals surface area contributed by atoms with E-state index in [1.807, 2.05) is 0 Å². The van der Waals surface area contributed by atoms with Crippen molar-refractivity contribution < 1.29 is 16.8 Å². The number of nitrogens with two attached hydrogens (primary N) is 2. The molecular weight excluding hydrogens is 557 g/mol. The van der Waals surface area contributed by atoms with Gasteiger partial charge < -0.3 is 0 Å². The van der Waals surface area contributed by atoms with Crippen LogP contribution in [0.3, 0.4) is 0 Å². The first-order valence-corrected chi connectivity index (χ1v) is 13.7. The van der Waals surface area contributed by atoms with Gasteiger partial charge in [0.05, 0.1) is 9.79 Å². The molecule has 0 amide bonds. The van der Waals surface area contributed by atoms with Crippen molar-refractivity contribution in [2.24, 2.45) is 10.3 Å². The summed E-state index contributed by atoms with van der Waals surface area (Å²) in [5.41, 5.74) is 0. The minimum Gasteiger partial charge on any atom is -0.225 e. The molecule has 2 rings (SSSR count). The molecule has 2 aromatic carbocycles. The second-order valence-electron chi connectivity index (χ2n) is 4.86. The van der Waals surface area contributed by atoms with E-state index in [0.29, 0.717) is 0 Å². The summed E-state index contributed by atoms with van der Waals surface area (Å²) in [6, 6.07) is 15.8. The first kappa shape index (κ1) is 24.1. The van der Waals surface area contributed by atoms with Gasteiger partial charge in [-0.25, -0.2) is 27.1 Å². The Kier molecular flexibility index (Phi) is 12.1. The molecule has 0 aliphatic heterocycles. The summed E-state index contributed by atoms with van der Waals surface area (Å²) in [4.78, 5) is 0.296. The van der Waals surface area contributed by atoms with E-state index in [-0.39, 0.29) is 9.79 Å². The largest absolute Gasteiger partial charge is 0.238 e. The summed E-state index contributed by atoms with van der Waals surface area (Å²) in [6.45, 7) is 2.24. The van der Waals surface area contributed by atoms with E-state index in [1.54, 1.807) is 36.4 Å². The minimum absolute atomic E-state index is 0.148. The van der Waals surface area contributed by atoms with E-state index < -0.39 is 20.0 Å². The normalized spacial score (nSPS) is 10.7. The van der Waals surface area contributed by atoms with Crippen molar-refractivity contribution in [2.45, 2.75) is 33.7 Å². The number of unbranched alkanes of at least 4 members (excludes halogenated alkanes) is 1. The fourth-order valence-corrected chi connectivity index (χ4v) is 4.08. The molecule has 140 valence electrons. The maximum absolute atomic E-state index is 10.6. The van der Waals surface area contributed by atoms with Crippen LogP contribution in [0.15, 0.2) is 70.5 Å². The Bertz CT molecular complexity index is 727. The van der Waals surface area contributed by atoms with Gasteiger partial charge in [-0.15, -0.1) is 0 Å². The number of sulfonamides is 2. The summed E-state index contributed by atoms with van der Waals surface area (Å²) in [7, 11) is -7.01. The molecule has 0 saturated carbocycles. The molecule has 0 atom stereocenters. The van der Waals surface area contributed by atoms with Crippen molar-refractivity contribution in [3.63, 3.8) is 0 Å².